The van der Waals surface area contributed by atoms with Crippen molar-refractivity contribution in [2.24, 2.45) is 11.8 Å². The summed E-state index contributed by atoms with van der Waals surface area (Å²) in [6, 6.07) is 64.2. The van der Waals surface area contributed by atoms with Crippen molar-refractivity contribution < 1.29 is 103 Å². The van der Waals surface area contributed by atoms with Gasteiger partial charge in [-0.05, 0) is 85.6 Å². The van der Waals surface area contributed by atoms with Gasteiger partial charge in [0.25, 0.3) is 0 Å². The predicted molar refractivity (Wildman–Crippen MR) is 215 cm³/mol. The lowest BCUT2D eigenvalue weighted by Crippen LogP contribution is -3.61. The number of benzene rings is 6. The van der Waals surface area contributed by atoms with Crippen LogP contribution in [0.4, 0.5) is 0 Å². The van der Waals surface area contributed by atoms with Crippen molar-refractivity contribution in [1.29, 1.82) is 0 Å². The molecule has 0 radical (unpaired) electrons. The van der Waals surface area contributed by atoms with Gasteiger partial charge in [-0.25, -0.2) is 0 Å². The molecule has 11 heteroatoms. The molecule has 0 saturated heterocycles. The lowest BCUT2D eigenvalue weighted by molar-refractivity contribution is -0.597. The Morgan fingerprint density at radius 1 is 0.400 bits per heavy atom. The molecule has 6 aromatic carbocycles. The van der Waals surface area contributed by atoms with Crippen LogP contribution in [0.5, 0.6) is 0 Å². The second-order valence-corrected chi connectivity index (χ2v) is 21.5. The zero-order chi connectivity index (χ0) is 43.8. The fourth-order valence-corrected chi connectivity index (χ4v) is 11.4. The molecule has 0 aliphatic carbocycles. The number of hydrogen-bond donors (Lipinski definition) is 1. The molecular weight excluding hydrogens is 1100 g/mol. The first-order chi connectivity index (χ1) is 29.0. The third-order valence-electron chi connectivity index (χ3n) is 7.63. The Morgan fingerprint density at radius 3 is 0.783 bits per heavy atom. The number of rotatable bonds is 15. The van der Waals surface area contributed by atoms with E-state index in [1.165, 1.54) is 21.4 Å². The van der Waals surface area contributed by atoms with E-state index in [0.29, 0.717) is 12.8 Å². The molecule has 0 amide bonds. The quantitative estimate of drug-likeness (QED) is 0.0842. The Bertz CT molecular complexity index is 1720. The van der Waals surface area contributed by atoms with Crippen molar-refractivity contribution >= 4 is 23.9 Å². The molecule has 0 aromatic heterocycles. The number of carbonyl (C=O) groups excluding carboxylic acids is 3. The molecule has 8 nitrogen and oxygen atoms in total. The van der Waals surface area contributed by atoms with Crippen molar-refractivity contribution in [2.45, 2.75) is 46.0 Å². The van der Waals surface area contributed by atoms with Crippen molar-refractivity contribution in [2.75, 3.05) is 0 Å². The Labute approximate surface area is 384 Å². The topological polar surface area (TPSA) is 158 Å². The van der Waals surface area contributed by atoms with Crippen LogP contribution in [0.2, 0.25) is 0 Å². The van der Waals surface area contributed by atoms with Crippen LogP contribution in [0, 0.1) is 33.3 Å². The number of carbonyl (C=O) groups is 4. The Morgan fingerprint density at radius 2 is 0.633 bits per heavy atom. The first-order valence-electron chi connectivity index (χ1n) is 19.1. The van der Waals surface area contributed by atoms with Crippen LogP contribution in [0.1, 0.15) is 46.0 Å². The van der Waals surface area contributed by atoms with Gasteiger partial charge in [0.05, 0.1) is 23.8 Å². The summed E-state index contributed by atoms with van der Waals surface area (Å²) in [5, 5.41) is 38.5. The number of halogens is 3. The van der Waals surface area contributed by atoms with E-state index in [1.54, 1.807) is 6.92 Å². The van der Waals surface area contributed by atoms with Crippen molar-refractivity contribution in [3.05, 3.63) is 203 Å². The standard InChI is InChI=1S/3C12H10I.C7H12O4.C6H10O4/c3*1-3-7-11(8-4-1)13-12-9-5-2-6-10-12;1-2-3-4-5(6(8)9)7(10)11;1-2-3-4(5(7)8)6(9)10/h3*1-10H;5H,2-4H2,1H3,(H,8,9)(H,10,11);4H,2-3H2,1H3,(H,7,8)(H,9,10)/q3*+1;;/p-3. The smallest absolute Gasteiger partial charge is 0.357 e. The summed E-state index contributed by atoms with van der Waals surface area (Å²) in [5.41, 5.74) is 0. The van der Waals surface area contributed by atoms with E-state index in [4.69, 9.17) is 5.11 Å². The van der Waals surface area contributed by atoms with Gasteiger partial charge in [0.15, 0.2) is 21.4 Å². The SMILES string of the molecule is CCCC(C(=O)[O-])C(=O)O.CCCCC(C(=O)[O-])C(=O)[O-].c1ccc([I+]c2ccccc2)cc1.c1ccc([I+]c2ccccc2)cc1.c1ccc([I+]c2ccccc2)cc1. The normalized spacial score (nSPS) is 10.3. The fourth-order valence-electron chi connectivity index (χ4n) is 4.61. The average Bonchev–Trinajstić information content (AvgIpc) is 3.26. The second-order valence-electron chi connectivity index (χ2n) is 12.4. The molecule has 0 aliphatic rings. The zero-order valence-corrected chi connectivity index (χ0v) is 39.9. The Balaban J connectivity index is 0.000000260. The van der Waals surface area contributed by atoms with Gasteiger partial charge in [-0.15, -0.1) is 0 Å². The first-order valence-corrected chi connectivity index (χ1v) is 25.6. The summed E-state index contributed by atoms with van der Waals surface area (Å²) in [5.74, 6) is -8.73. The molecule has 1 atom stereocenters. The molecular formula is C49H49I3O8. The summed E-state index contributed by atoms with van der Waals surface area (Å²) in [6.45, 7) is 3.57. The molecule has 0 spiro atoms. The van der Waals surface area contributed by atoms with Gasteiger partial charge in [0, 0.05) is 5.92 Å². The van der Waals surface area contributed by atoms with Gasteiger partial charge in [0.2, 0.25) is 0 Å². The second kappa shape index (κ2) is 32.2. The largest absolute Gasteiger partial charge is 0.549 e. The van der Waals surface area contributed by atoms with E-state index in [1.807, 2.05) is 6.92 Å². The van der Waals surface area contributed by atoms with Crippen LogP contribution in [-0.4, -0.2) is 29.0 Å². The van der Waals surface area contributed by atoms with Gasteiger partial charge < -0.3 is 34.8 Å². The van der Waals surface area contributed by atoms with E-state index in [-0.39, 0.29) is 76.5 Å². The fraction of sp³-hybridized carbons (Fsp3) is 0.184. The van der Waals surface area contributed by atoms with Gasteiger partial charge in [-0.3, -0.25) is 4.79 Å². The van der Waals surface area contributed by atoms with Crippen molar-refractivity contribution in [3.63, 3.8) is 0 Å². The lowest BCUT2D eigenvalue weighted by atomic mass is 10.0. The van der Waals surface area contributed by atoms with E-state index >= 15 is 0 Å². The third kappa shape index (κ3) is 23.8. The highest BCUT2D eigenvalue weighted by molar-refractivity contribution is 5.91. The van der Waals surface area contributed by atoms with E-state index in [2.05, 4.69) is 182 Å². The molecule has 6 rings (SSSR count). The minimum absolute atomic E-state index is 0.0287. The maximum absolute atomic E-state index is 10.1. The third-order valence-corrected chi connectivity index (χ3v) is 15.7. The first kappa shape index (κ1) is 51.5. The van der Waals surface area contributed by atoms with Crippen molar-refractivity contribution in [1.82, 2.24) is 0 Å². The Kier molecular flexibility index (Phi) is 27.7. The number of hydrogen-bond acceptors (Lipinski definition) is 7. The lowest BCUT2D eigenvalue weighted by Gasteiger charge is -2.17. The summed E-state index contributed by atoms with van der Waals surface area (Å²) in [7, 11) is 0. The number of aliphatic carboxylic acids is 4. The van der Waals surface area contributed by atoms with E-state index < -0.39 is 35.7 Å². The number of unbranched alkanes of at least 4 members (excludes halogenated alkanes) is 1. The summed E-state index contributed by atoms with van der Waals surface area (Å²) < 4.78 is 8.88. The minimum atomic E-state index is -1.56. The molecule has 6 aromatic rings. The van der Waals surface area contributed by atoms with Crippen LogP contribution in [0.25, 0.3) is 0 Å². The molecule has 314 valence electrons. The summed E-state index contributed by atoms with van der Waals surface area (Å²) in [6.07, 6.45) is 2.09. The van der Waals surface area contributed by atoms with Crippen LogP contribution in [0.15, 0.2) is 182 Å². The van der Waals surface area contributed by atoms with E-state index in [9.17, 15) is 34.5 Å². The molecule has 60 heavy (non-hydrogen) atoms. The van der Waals surface area contributed by atoms with Gasteiger partial charge in [0.1, 0.15) is 0 Å². The molecule has 0 bridgehead atoms. The molecule has 0 fully saturated rings. The highest BCUT2D eigenvalue weighted by atomic mass is 127. The highest BCUT2D eigenvalue weighted by Crippen LogP contribution is 2.06. The number of carboxylic acids is 4. The van der Waals surface area contributed by atoms with Gasteiger partial charge >= 0.3 is 69.6 Å². The molecule has 1 unspecified atom stereocenters. The minimum Gasteiger partial charge on any atom is -0.549 e. The zero-order valence-electron chi connectivity index (χ0n) is 33.4. The van der Waals surface area contributed by atoms with Crippen molar-refractivity contribution in [3.8, 4) is 0 Å². The van der Waals surface area contributed by atoms with Crippen LogP contribution in [-0.2, 0) is 19.2 Å². The summed E-state index contributed by atoms with van der Waals surface area (Å²) >= 11 is 0.0861. The predicted octanol–water partition coefficient (Wildman–Crippen LogP) is -3.03. The average molecular weight is 1150 g/mol. The summed E-state index contributed by atoms with van der Waals surface area (Å²) in [4.78, 5) is 40.4. The van der Waals surface area contributed by atoms with Gasteiger partial charge in [-0.1, -0.05) is 142 Å². The maximum atomic E-state index is 10.1. The van der Waals surface area contributed by atoms with Gasteiger partial charge in [-0.2, -0.15) is 0 Å². The molecule has 0 heterocycles. The molecule has 0 saturated carbocycles. The maximum Gasteiger partial charge on any atom is 0.357 e. The van der Waals surface area contributed by atoms with E-state index in [0.717, 1.165) is 6.42 Å². The van der Waals surface area contributed by atoms with Crippen LogP contribution < -0.4 is 78.9 Å². The van der Waals surface area contributed by atoms with Crippen LogP contribution >= 0.6 is 0 Å². The monoisotopic (exact) mass is 1150 g/mol. The molecule has 0 aliphatic heterocycles. The number of carboxylic acid groups (broad SMARTS) is 4. The highest BCUT2D eigenvalue weighted by Gasteiger charge is 2.17. The van der Waals surface area contributed by atoms with Crippen LogP contribution in [0.3, 0.4) is 0 Å². The molecule has 1 N–H and O–H groups in total. The Hall–Kier alpha value is -4.61.